The predicted molar refractivity (Wildman–Crippen MR) is 126 cm³/mol. The summed E-state index contributed by atoms with van der Waals surface area (Å²) >= 11 is 0. The Morgan fingerprint density at radius 3 is 2.83 bits per heavy atom. The SMILES string of the molecule is Cn1nnc2ccnc(N(C(=O)c3ccc(-n4nnc5cccnc54)cc3F)[C@@H]3CCCNC3)c21. The number of rotatable bonds is 4. The molecule has 1 atom stereocenters. The summed E-state index contributed by atoms with van der Waals surface area (Å²) in [6.07, 6.45) is 4.86. The number of pyridine rings is 2. The number of nitrogens with zero attached hydrogens (tertiary/aromatic N) is 9. The van der Waals surface area contributed by atoms with Gasteiger partial charge in [-0.25, -0.2) is 19.0 Å². The van der Waals surface area contributed by atoms with E-state index in [9.17, 15) is 4.79 Å². The second kappa shape index (κ2) is 8.47. The number of hydrogen-bond donors (Lipinski definition) is 1. The molecule has 0 aliphatic carbocycles. The molecule has 0 saturated carbocycles. The molecule has 11 nitrogen and oxygen atoms in total. The average Bonchev–Trinajstić information content (AvgIpc) is 3.49. The van der Waals surface area contributed by atoms with Gasteiger partial charge in [-0.1, -0.05) is 10.4 Å². The summed E-state index contributed by atoms with van der Waals surface area (Å²) in [6.45, 7) is 1.44. The highest BCUT2D eigenvalue weighted by atomic mass is 19.1. The van der Waals surface area contributed by atoms with Gasteiger partial charge >= 0.3 is 0 Å². The Kier molecular flexibility index (Phi) is 5.14. The molecule has 0 spiro atoms. The Bertz CT molecular complexity index is 1550. The molecule has 1 aliphatic heterocycles. The van der Waals surface area contributed by atoms with Gasteiger partial charge in [-0.2, -0.15) is 4.68 Å². The number of anilines is 1. The van der Waals surface area contributed by atoms with Gasteiger partial charge in [-0.3, -0.25) is 9.69 Å². The molecule has 176 valence electrons. The Morgan fingerprint density at radius 1 is 1.11 bits per heavy atom. The Balaban J connectivity index is 1.43. The van der Waals surface area contributed by atoms with Gasteiger partial charge in [0.05, 0.1) is 17.3 Å². The summed E-state index contributed by atoms with van der Waals surface area (Å²) in [4.78, 5) is 24.2. The fraction of sp³-hybridized carbons (Fsp3) is 0.261. The van der Waals surface area contributed by atoms with Gasteiger partial charge in [0.2, 0.25) is 0 Å². The highest BCUT2D eigenvalue weighted by Crippen LogP contribution is 2.29. The molecule has 0 radical (unpaired) electrons. The van der Waals surface area contributed by atoms with Crippen LogP contribution in [0.15, 0.2) is 48.8 Å². The molecule has 1 saturated heterocycles. The van der Waals surface area contributed by atoms with Gasteiger partial charge in [0.25, 0.3) is 5.91 Å². The van der Waals surface area contributed by atoms with E-state index in [1.54, 1.807) is 53.3 Å². The maximum Gasteiger partial charge on any atom is 0.262 e. The molecule has 0 unspecified atom stereocenters. The molecule has 12 heteroatoms. The highest BCUT2D eigenvalue weighted by Gasteiger charge is 2.32. The number of halogens is 1. The number of hydrogen-bond acceptors (Lipinski definition) is 8. The minimum Gasteiger partial charge on any atom is -0.315 e. The van der Waals surface area contributed by atoms with Gasteiger partial charge in [0, 0.05) is 32.1 Å². The minimum absolute atomic E-state index is 0.0642. The van der Waals surface area contributed by atoms with Crippen molar-refractivity contribution in [2.45, 2.75) is 18.9 Å². The van der Waals surface area contributed by atoms with Crippen molar-refractivity contribution in [1.29, 1.82) is 0 Å². The summed E-state index contributed by atoms with van der Waals surface area (Å²) in [5.41, 5.74) is 2.67. The summed E-state index contributed by atoms with van der Waals surface area (Å²) in [5.74, 6) is -0.745. The van der Waals surface area contributed by atoms with Gasteiger partial charge in [0.1, 0.15) is 22.4 Å². The molecule has 35 heavy (non-hydrogen) atoms. The Morgan fingerprint density at radius 2 is 2.00 bits per heavy atom. The molecule has 4 aromatic heterocycles. The lowest BCUT2D eigenvalue weighted by atomic mass is 10.0. The number of carbonyl (C=O) groups is 1. The number of piperidine rings is 1. The van der Waals surface area contributed by atoms with Crippen molar-refractivity contribution in [1.82, 2.24) is 45.3 Å². The van der Waals surface area contributed by atoms with E-state index in [0.717, 1.165) is 19.4 Å². The largest absolute Gasteiger partial charge is 0.315 e. The van der Waals surface area contributed by atoms with E-state index in [1.807, 2.05) is 0 Å². The van der Waals surface area contributed by atoms with Gasteiger partial charge in [-0.05, 0) is 49.7 Å². The summed E-state index contributed by atoms with van der Waals surface area (Å²) in [7, 11) is 1.74. The van der Waals surface area contributed by atoms with E-state index in [-0.39, 0.29) is 11.6 Å². The molecule has 5 heterocycles. The molecule has 1 fully saturated rings. The molecule has 5 aromatic rings. The van der Waals surface area contributed by atoms with E-state index < -0.39 is 11.7 Å². The summed E-state index contributed by atoms with van der Waals surface area (Å²) in [5, 5.41) is 19.7. The molecular formula is C23H21FN10O. The first kappa shape index (κ1) is 21.2. The maximum absolute atomic E-state index is 15.5. The molecule has 1 amide bonds. The third-order valence-corrected chi connectivity index (χ3v) is 6.21. The molecule has 1 aliphatic rings. The molecule has 6 rings (SSSR count). The lowest BCUT2D eigenvalue weighted by molar-refractivity contribution is 0.0968. The van der Waals surface area contributed by atoms with E-state index in [1.165, 1.54) is 16.8 Å². The van der Waals surface area contributed by atoms with Crippen LogP contribution in [0.2, 0.25) is 0 Å². The number of benzene rings is 1. The second-order valence-electron chi connectivity index (χ2n) is 8.40. The Hall–Kier alpha value is -4.32. The van der Waals surface area contributed by atoms with Gasteiger partial charge in [0.15, 0.2) is 11.5 Å². The third-order valence-electron chi connectivity index (χ3n) is 6.21. The van der Waals surface area contributed by atoms with Crippen LogP contribution in [0, 0.1) is 5.82 Å². The van der Waals surface area contributed by atoms with Gasteiger partial charge < -0.3 is 5.32 Å². The molecule has 1 aromatic carbocycles. The van der Waals surface area contributed by atoms with Crippen LogP contribution in [0.4, 0.5) is 10.2 Å². The monoisotopic (exact) mass is 472 g/mol. The predicted octanol–water partition coefficient (Wildman–Crippen LogP) is 2.03. The van der Waals surface area contributed by atoms with E-state index >= 15 is 4.39 Å². The van der Waals surface area contributed by atoms with Crippen molar-refractivity contribution in [3.63, 3.8) is 0 Å². The average molecular weight is 472 g/mol. The number of amides is 1. The molecule has 1 N–H and O–H groups in total. The normalized spacial score (nSPS) is 16.1. The van der Waals surface area contributed by atoms with E-state index in [2.05, 4.69) is 35.9 Å². The summed E-state index contributed by atoms with van der Waals surface area (Å²) in [6, 6.07) is 9.44. The van der Waals surface area contributed by atoms with Crippen LogP contribution in [0.3, 0.4) is 0 Å². The molecule has 0 bridgehead atoms. The lowest BCUT2D eigenvalue weighted by Gasteiger charge is -2.34. The van der Waals surface area contributed by atoms with Crippen molar-refractivity contribution in [2.24, 2.45) is 7.05 Å². The fourth-order valence-corrected chi connectivity index (χ4v) is 4.53. The van der Waals surface area contributed by atoms with Crippen LogP contribution in [0.5, 0.6) is 0 Å². The van der Waals surface area contributed by atoms with Crippen molar-refractivity contribution in [3.8, 4) is 5.69 Å². The van der Waals surface area contributed by atoms with Crippen LogP contribution in [-0.2, 0) is 7.05 Å². The number of carbonyl (C=O) groups excluding carboxylic acids is 1. The highest BCUT2D eigenvalue weighted by molar-refractivity contribution is 6.09. The van der Waals surface area contributed by atoms with E-state index in [0.29, 0.717) is 40.2 Å². The first-order chi connectivity index (χ1) is 17.1. The maximum atomic E-state index is 15.5. The zero-order valence-electron chi connectivity index (χ0n) is 18.8. The fourth-order valence-electron chi connectivity index (χ4n) is 4.53. The zero-order valence-corrected chi connectivity index (χ0v) is 18.8. The number of nitrogens with one attached hydrogen (secondary N) is 1. The topological polar surface area (TPSA) is 120 Å². The van der Waals surface area contributed by atoms with Crippen molar-refractivity contribution in [3.05, 3.63) is 60.2 Å². The van der Waals surface area contributed by atoms with Crippen LogP contribution < -0.4 is 10.2 Å². The summed E-state index contributed by atoms with van der Waals surface area (Å²) < 4.78 is 18.5. The smallest absolute Gasteiger partial charge is 0.262 e. The van der Waals surface area contributed by atoms with Crippen LogP contribution in [-0.4, -0.2) is 65.0 Å². The number of aromatic nitrogens is 8. The first-order valence-corrected chi connectivity index (χ1v) is 11.3. The van der Waals surface area contributed by atoms with Crippen LogP contribution in [0.25, 0.3) is 27.9 Å². The quantitative estimate of drug-likeness (QED) is 0.422. The lowest BCUT2D eigenvalue weighted by Crippen LogP contribution is -2.49. The van der Waals surface area contributed by atoms with Crippen molar-refractivity contribution < 1.29 is 9.18 Å². The van der Waals surface area contributed by atoms with Crippen molar-refractivity contribution in [2.75, 3.05) is 18.0 Å². The number of aryl methyl sites for hydroxylation is 1. The van der Waals surface area contributed by atoms with E-state index in [4.69, 9.17) is 0 Å². The standard InChI is InChI=1S/C23H21FN10O/c1-32-20-18(28-30-32)8-11-27-22(20)33(15-4-2-9-25-13-15)23(35)16-7-6-14(12-17(16)24)34-21-19(29-31-34)5-3-10-26-21/h3,5-8,10-12,15,25H,2,4,9,13H2,1H3/t15-/m1/s1. The third kappa shape index (κ3) is 3.58. The van der Waals surface area contributed by atoms with Gasteiger partial charge in [-0.15, -0.1) is 10.2 Å². The first-order valence-electron chi connectivity index (χ1n) is 11.3. The number of fused-ring (bicyclic) bond motifs is 2. The molecular weight excluding hydrogens is 451 g/mol. The minimum atomic E-state index is -0.670. The van der Waals surface area contributed by atoms with Crippen LogP contribution in [0.1, 0.15) is 23.2 Å². The Labute approximate surface area is 198 Å². The van der Waals surface area contributed by atoms with Crippen molar-refractivity contribution >= 4 is 33.9 Å². The zero-order chi connectivity index (χ0) is 23.9. The second-order valence-corrected chi connectivity index (χ2v) is 8.40. The van der Waals surface area contributed by atoms with Crippen LogP contribution >= 0.6 is 0 Å².